The first kappa shape index (κ1) is 16.6. The molecule has 5 heteroatoms. The summed E-state index contributed by atoms with van der Waals surface area (Å²) in [4.78, 5) is 0. The molecule has 2 aromatic carbocycles. The molecule has 24 heavy (non-hydrogen) atoms. The van der Waals surface area contributed by atoms with Gasteiger partial charge in [-0.25, -0.2) is 0 Å². The molecule has 0 saturated heterocycles. The summed E-state index contributed by atoms with van der Waals surface area (Å²) in [7, 11) is 0. The highest BCUT2D eigenvalue weighted by Gasteiger charge is 2.13. The second-order valence-electron chi connectivity index (χ2n) is 5.79. The van der Waals surface area contributed by atoms with Gasteiger partial charge < -0.3 is 24.6 Å². The summed E-state index contributed by atoms with van der Waals surface area (Å²) in [5.41, 5.74) is 2.20. The van der Waals surface area contributed by atoms with E-state index in [0.717, 1.165) is 41.3 Å². The fraction of sp³-hybridized carbons (Fsp3) is 0.368. The van der Waals surface area contributed by atoms with E-state index < -0.39 is 0 Å². The standard InChI is InChI=1S/C19H23NO4/c1-2-16(11-21)20-10-14-3-6-17(7-4-14)22-12-15-5-8-18-19(9-15)24-13-23-18/h3-9,16,20-21H,2,10-13H2,1H3/t16-/m1/s1. The summed E-state index contributed by atoms with van der Waals surface area (Å²) in [6, 6.07) is 14.0. The molecule has 2 N–H and O–H groups in total. The number of rotatable bonds is 8. The van der Waals surface area contributed by atoms with Gasteiger partial charge in [-0.15, -0.1) is 0 Å². The van der Waals surface area contributed by atoms with Crippen LogP contribution in [0.2, 0.25) is 0 Å². The Balaban J connectivity index is 1.51. The van der Waals surface area contributed by atoms with Crippen LogP contribution in [-0.4, -0.2) is 24.5 Å². The second-order valence-corrected chi connectivity index (χ2v) is 5.79. The molecule has 0 unspecified atom stereocenters. The van der Waals surface area contributed by atoms with Crippen molar-refractivity contribution in [3.63, 3.8) is 0 Å². The van der Waals surface area contributed by atoms with Crippen LogP contribution in [-0.2, 0) is 13.2 Å². The van der Waals surface area contributed by atoms with Gasteiger partial charge in [0.2, 0.25) is 6.79 Å². The molecular formula is C19H23NO4. The lowest BCUT2D eigenvalue weighted by molar-refractivity contribution is 0.174. The van der Waals surface area contributed by atoms with Gasteiger partial charge in [0, 0.05) is 12.6 Å². The predicted octanol–water partition coefficient (Wildman–Crippen LogP) is 2.85. The fourth-order valence-corrected chi connectivity index (χ4v) is 2.50. The molecule has 0 aliphatic carbocycles. The van der Waals surface area contributed by atoms with E-state index in [9.17, 15) is 5.11 Å². The van der Waals surface area contributed by atoms with E-state index in [1.54, 1.807) is 0 Å². The van der Waals surface area contributed by atoms with E-state index >= 15 is 0 Å². The zero-order chi connectivity index (χ0) is 16.8. The molecule has 0 bridgehead atoms. The lowest BCUT2D eigenvalue weighted by Gasteiger charge is -2.14. The van der Waals surface area contributed by atoms with Crippen molar-refractivity contribution < 1.29 is 19.3 Å². The highest BCUT2D eigenvalue weighted by atomic mass is 16.7. The fourth-order valence-electron chi connectivity index (χ4n) is 2.50. The van der Waals surface area contributed by atoms with Gasteiger partial charge in [-0.1, -0.05) is 25.1 Å². The van der Waals surface area contributed by atoms with Crippen molar-refractivity contribution in [1.29, 1.82) is 0 Å². The molecule has 0 spiro atoms. The largest absolute Gasteiger partial charge is 0.489 e. The number of nitrogens with one attached hydrogen (secondary N) is 1. The van der Waals surface area contributed by atoms with Gasteiger partial charge in [0.05, 0.1) is 6.61 Å². The van der Waals surface area contributed by atoms with Crippen LogP contribution in [0.15, 0.2) is 42.5 Å². The third-order valence-corrected chi connectivity index (χ3v) is 4.07. The van der Waals surface area contributed by atoms with E-state index in [4.69, 9.17) is 14.2 Å². The van der Waals surface area contributed by atoms with E-state index in [1.165, 1.54) is 0 Å². The molecule has 1 heterocycles. The van der Waals surface area contributed by atoms with Crippen molar-refractivity contribution in [3.8, 4) is 17.2 Å². The van der Waals surface area contributed by atoms with Crippen molar-refractivity contribution in [2.24, 2.45) is 0 Å². The first-order valence-electron chi connectivity index (χ1n) is 8.23. The van der Waals surface area contributed by atoms with Crippen LogP contribution < -0.4 is 19.5 Å². The van der Waals surface area contributed by atoms with Crippen molar-refractivity contribution >= 4 is 0 Å². The quantitative estimate of drug-likeness (QED) is 0.780. The average molecular weight is 329 g/mol. The highest BCUT2D eigenvalue weighted by Crippen LogP contribution is 2.32. The van der Waals surface area contributed by atoms with Gasteiger partial charge in [0.15, 0.2) is 11.5 Å². The first-order chi connectivity index (χ1) is 11.8. The van der Waals surface area contributed by atoms with Crippen LogP contribution in [0.25, 0.3) is 0 Å². The Labute approximate surface area is 142 Å². The molecular weight excluding hydrogens is 306 g/mol. The Morgan fingerprint density at radius 1 is 1.08 bits per heavy atom. The molecule has 0 radical (unpaired) electrons. The van der Waals surface area contributed by atoms with Gasteiger partial charge in [-0.2, -0.15) is 0 Å². The first-order valence-corrected chi connectivity index (χ1v) is 8.23. The van der Waals surface area contributed by atoms with Crippen LogP contribution in [0.5, 0.6) is 17.2 Å². The van der Waals surface area contributed by atoms with Gasteiger partial charge in [-0.3, -0.25) is 0 Å². The second kappa shape index (κ2) is 8.04. The highest BCUT2D eigenvalue weighted by molar-refractivity contribution is 5.44. The monoisotopic (exact) mass is 329 g/mol. The number of aliphatic hydroxyl groups excluding tert-OH is 1. The molecule has 0 aromatic heterocycles. The van der Waals surface area contributed by atoms with Crippen LogP contribution in [0.4, 0.5) is 0 Å². The van der Waals surface area contributed by atoms with Gasteiger partial charge in [-0.05, 0) is 41.8 Å². The summed E-state index contributed by atoms with van der Waals surface area (Å²) in [6.45, 7) is 3.72. The Hall–Kier alpha value is -2.24. The Morgan fingerprint density at radius 3 is 2.58 bits per heavy atom. The minimum absolute atomic E-state index is 0.145. The van der Waals surface area contributed by atoms with Crippen LogP contribution in [0.1, 0.15) is 24.5 Å². The van der Waals surface area contributed by atoms with E-state index in [0.29, 0.717) is 6.61 Å². The Bertz CT molecular complexity index is 653. The average Bonchev–Trinajstić information content (AvgIpc) is 3.09. The lowest BCUT2D eigenvalue weighted by Crippen LogP contribution is -2.31. The number of fused-ring (bicyclic) bond motifs is 1. The number of hydrogen-bond acceptors (Lipinski definition) is 5. The van der Waals surface area contributed by atoms with Crippen LogP contribution in [0, 0.1) is 0 Å². The van der Waals surface area contributed by atoms with Crippen molar-refractivity contribution in [1.82, 2.24) is 5.32 Å². The molecule has 2 aromatic rings. The van der Waals surface area contributed by atoms with E-state index in [2.05, 4.69) is 12.2 Å². The molecule has 1 aliphatic heterocycles. The van der Waals surface area contributed by atoms with E-state index in [-0.39, 0.29) is 19.4 Å². The molecule has 0 amide bonds. The topological polar surface area (TPSA) is 60.0 Å². The molecule has 1 aliphatic rings. The minimum Gasteiger partial charge on any atom is -0.489 e. The van der Waals surface area contributed by atoms with Gasteiger partial charge >= 0.3 is 0 Å². The van der Waals surface area contributed by atoms with Crippen molar-refractivity contribution in [3.05, 3.63) is 53.6 Å². The molecule has 3 rings (SSSR count). The molecule has 128 valence electrons. The zero-order valence-corrected chi connectivity index (χ0v) is 13.8. The third kappa shape index (κ3) is 4.19. The molecule has 0 fully saturated rings. The third-order valence-electron chi connectivity index (χ3n) is 4.07. The predicted molar refractivity (Wildman–Crippen MR) is 91.3 cm³/mol. The molecule has 1 atom stereocenters. The summed E-state index contributed by atoms with van der Waals surface area (Å²) >= 11 is 0. The summed E-state index contributed by atoms with van der Waals surface area (Å²) < 4.78 is 16.5. The molecule has 5 nitrogen and oxygen atoms in total. The number of benzene rings is 2. The maximum absolute atomic E-state index is 9.19. The van der Waals surface area contributed by atoms with Gasteiger partial charge in [0.25, 0.3) is 0 Å². The summed E-state index contributed by atoms with van der Waals surface area (Å²) in [5, 5.41) is 12.5. The smallest absolute Gasteiger partial charge is 0.231 e. The Kier molecular flexibility index (Phi) is 5.56. The van der Waals surface area contributed by atoms with Crippen molar-refractivity contribution in [2.45, 2.75) is 32.5 Å². The number of ether oxygens (including phenoxy) is 3. The summed E-state index contributed by atoms with van der Waals surface area (Å²) in [5.74, 6) is 2.38. The van der Waals surface area contributed by atoms with Crippen LogP contribution in [0.3, 0.4) is 0 Å². The Morgan fingerprint density at radius 2 is 1.83 bits per heavy atom. The van der Waals surface area contributed by atoms with Crippen LogP contribution >= 0.6 is 0 Å². The summed E-state index contributed by atoms with van der Waals surface area (Å²) in [6.07, 6.45) is 0.910. The number of aliphatic hydroxyl groups is 1. The molecule has 0 saturated carbocycles. The number of hydrogen-bond donors (Lipinski definition) is 2. The maximum atomic E-state index is 9.19. The normalized spacial score (nSPS) is 13.8. The van der Waals surface area contributed by atoms with E-state index in [1.807, 2.05) is 42.5 Å². The van der Waals surface area contributed by atoms with Crippen molar-refractivity contribution in [2.75, 3.05) is 13.4 Å². The minimum atomic E-state index is 0.145. The zero-order valence-electron chi connectivity index (χ0n) is 13.8. The SMILES string of the molecule is CC[C@H](CO)NCc1ccc(OCc2ccc3c(c2)OCO3)cc1. The lowest BCUT2D eigenvalue weighted by atomic mass is 10.2. The van der Waals surface area contributed by atoms with Gasteiger partial charge in [0.1, 0.15) is 12.4 Å². The maximum Gasteiger partial charge on any atom is 0.231 e.